The van der Waals surface area contributed by atoms with Gasteiger partial charge in [0.1, 0.15) is 5.70 Å². The Balaban J connectivity index is 1.18. The van der Waals surface area contributed by atoms with Gasteiger partial charge in [-0.15, -0.1) is 23.1 Å². The number of thioether (sulfide) groups is 1. The maximum absolute atomic E-state index is 13.4. The number of hydrogen-bond acceptors (Lipinski definition) is 8. The molecule has 0 aliphatic carbocycles. The van der Waals surface area contributed by atoms with Crippen molar-refractivity contribution in [3.05, 3.63) is 125 Å². The van der Waals surface area contributed by atoms with E-state index in [-0.39, 0.29) is 23.3 Å². The first-order valence-corrected chi connectivity index (χ1v) is 16.3. The predicted octanol–water partition coefficient (Wildman–Crippen LogP) is 7.28. The molecule has 0 bridgehead atoms. The molecule has 0 saturated heterocycles. The van der Waals surface area contributed by atoms with Gasteiger partial charge in [0.15, 0.2) is 16.6 Å². The van der Waals surface area contributed by atoms with E-state index in [9.17, 15) is 14.4 Å². The first-order chi connectivity index (χ1) is 22.8. The number of thiazole rings is 1. The van der Waals surface area contributed by atoms with Crippen LogP contribution in [0.25, 0.3) is 17.3 Å². The third-order valence-electron chi connectivity index (χ3n) is 6.93. The molecule has 11 heteroatoms. The molecule has 0 saturated carbocycles. The number of nitrogens with one attached hydrogen (secondary N) is 3. The SMILES string of the molecule is COc1ccc(-c2csc(NC(=O)CSc3ccc(NC(=O)/C(=C/c4ccccc4C)NC(=O)c4ccccc4)cc3)n2)cc1OC. The Morgan fingerprint density at radius 3 is 2.30 bits per heavy atom. The Kier molecular flexibility index (Phi) is 11.1. The molecule has 0 fully saturated rings. The first kappa shape index (κ1) is 33.0. The summed E-state index contributed by atoms with van der Waals surface area (Å²) in [4.78, 5) is 44.3. The van der Waals surface area contributed by atoms with Crippen molar-refractivity contribution in [3.8, 4) is 22.8 Å². The molecule has 238 valence electrons. The number of hydrogen-bond donors (Lipinski definition) is 3. The van der Waals surface area contributed by atoms with Gasteiger partial charge < -0.3 is 25.4 Å². The Morgan fingerprint density at radius 1 is 0.851 bits per heavy atom. The highest BCUT2D eigenvalue weighted by Gasteiger charge is 2.16. The van der Waals surface area contributed by atoms with Gasteiger partial charge >= 0.3 is 0 Å². The first-order valence-electron chi connectivity index (χ1n) is 14.5. The van der Waals surface area contributed by atoms with Gasteiger partial charge in [0.05, 0.1) is 25.7 Å². The molecule has 0 aliphatic heterocycles. The fourth-order valence-electron chi connectivity index (χ4n) is 4.44. The second-order valence-corrected chi connectivity index (χ2v) is 12.1. The van der Waals surface area contributed by atoms with Crippen LogP contribution in [0.4, 0.5) is 10.8 Å². The van der Waals surface area contributed by atoms with Crippen LogP contribution in [0, 0.1) is 6.92 Å². The van der Waals surface area contributed by atoms with E-state index in [4.69, 9.17) is 9.47 Å². The third-order valence-corrected chi connectivity index (χ3v) is 8.70. The number of methoxy groups -OCH3 is 2. The zero-order valence-electron chi connectivity index (χ0n) is 25.9. The highest BCUT2D eigenvalue weighted by atomic mass is 32.2. The van der Waals surface area contributed by atoms with Crippen molar-refractivity contribution in [1.29, 1.82) is 0 Å². The summed E-state index contributed by atoms with van der Waals surface area (Å²) in [6.07, 6.45) is 1.66. The Labute approximate surface area is 281 Å². The monoisotopic (exact) mass is 664 g/mol. The number of carbonyl (C=O) groups is 3. The van der Waals surface area contributed by atoms with Crippen molar-refractivity contribution in [1.82, 2.24) is 10.3 Å². The number of carbonyl (C=O) groups excluding carboxylic acids is 3. The molecule has 0 spiro atoms. The summed E-state index contributed by atoms with van der Waals surface area (Å²) >= 11 is 2.69. The Hall–Kier alpha value is -5.39. The smallest absolute Gasteiger partial charge is 0.272 e. The zero-order chi connectivity index (χ0) is 33.2. The lowest BCUT2D eigenvalue weighted by molar-refractivity contribution is -0.114. The van der Waals surface area contributed by atoms with Crippen LogP contribution < -0.4 is 25.4 Å². The number of amides is 3. The van der Waals surface area contributed by atoms with Gasteiger partial charge in [0.2, 0.25) is 5.91 Å². The molecule has 5 aromatic rings. The van der Waals surface area contributed by atoms with Gasteiger partial charge in [0.25, 0.3) is 11.8 Å². The van der Waals surface area contributed by atoms with Gasteiger partial charge in [-0.05, 0) is 78.7 Å². The van der Waals surface area contributed by atoms with Gasteiger partial charge in [-0.1, -0.05) is 42.5 Å². The Morgan fingerprint density at radius 2 is 1.57 bits per heavy atom. The summed E-state index contributed by atoms with van der Waals surface area (Å²) in [5.74, 6) is 0.347. The number of rotatable bonds is 12. The molecule has 1 heterocycles. The van der Waals surface area contributed by atoms with Crippen LogP contribution in [0.2, 0.25) is 0 Å². The van der Waals surface area contributed by atoms with E-state index in [0.717, 1.165) is 21.6 Å². The van der Waals surface area contributed by atoms with E-state index in [0.29, 0.717) is 33.6 Å². The highest BCUT2D eigenvalue weighted by Crippen LogP contribution is 2.33. The van der Waals surface area contributed by atoms with E-state index >= 15 is 0 Å². The lowest BCUT2D eigenvalue weighted by atomic mass is 10.1. The minimum absolute atomic E-state index is 0.111. The minimum Gasteiger partial charge on any atom is -0.493 e. The summed E-state index contributed by atoms with van der Waals surface area (Å²) in [6.45, 7) is 1.94. The molecule has 3 amide bonds. The predicted molar refractivity (Wildman–Crippen MR) is 188 cm³/mol. The number of aromatic nitrogens is 1. The summed E-state index contributed by atoms with van der Waals surface area (Å²) in [7, 11) is 3.15. The van der Waals surface area contributed by atoms with Crippen molar-refractivity contribution in [2.24, 2.45) is 0 Å². The molecule has 3 N–H and O–H groups in total. The molecule has 0 radical (unpaired) electrons. The molecule has 9 nitrogen and oxygen atoms in total. The van der Waals surface area contributed by atoms with Crippen LogP contribution in [-0.4, -0.2) is 42.7 Å². The van der Waals surface area contributed by atoms with E-state index in [1.165, 1.54) is 23.1 Å². The summed E-state index contributed by atoms with van der Waals surface area (Å²) in [6, 6.07) is 29.0. The Bertz CT molecular complexity index is 1910. The second-order valence-electron chi connectivity index (χ2n) is 10.2. The van der Waals surface area contributed by atoms with Gasteiger partial charge in [-0.25, -0.2) is 4.98 Å². The number of nitrogens with zero attached hydrogens (tertiary/aromatic N) is 1. The number of ether oxygens (including phenoxy) is 2. The normalized spacial score (nSPS) is 11.0. The van der Waals surface area contributed by atoms with Gasteiger partial charge in [-0.2, -0.15) is 0 Å². The fraction of sp³-hybridized carbons (Fsp3) is 0.111. The van der Waals surface area contributed by atoms with E-state index < -0.39 is 5.91 Å². The van der Waals surface area contributed by atoms with Crippen molar-refractivity contribution >= 4 is 57.7 Å². The molecular weight excluding hydrogens is 633 g/mol. The molecule has 0 atom stereocenters. The maximum Gasteiger partial charge on any atom is 0.272 e. The van der Waals surface area contributed by atoms with E-state index in [1.54, 1.807) is 56.7 Å². The molecular formula is C36H32N4O5S2. The molecule has 4 aromatic carbocycles. The number of benzene rings is 4. The van der Waals surface area contributed by atoms with Crippen molar-refractivity contribution in [2.75, 3.05) is 30.6 Å². The van der Waals surface area contributed by atoms with Crippen LogP contribution in [0.3, 0.4) is 0 Å². The second kappa shape index (κ2) is 15.7. The fourth-order valence-corrected chi connectivity index (χ4v) is 5.88. The number of aryl methyl sites for hydroxylation is 1. The van der Waals surface area contributed by atoms with Gasteiger partial charge in [0, 0.05) is 27.1 Å². The molecule has 47 heavy (non-hydrogen) atoms. The van der Waals surface area contributed by atoms with E-state index in [2.05, 4.69) is 20.9 Å². The summed E-state index contributed by atoms with van der Waals surface area (Å²) < 4.78 is 10.7. The third kappa shape index (κ3) is 8.87. The van der Waals surface area contributed by atoms with Crippen molar-refractivity contribution in [3.63, 3.8) is 0 Å². The number of anilines is 2. The molecule has 0 unspecified atom stereocenters. The lowest BCUT2D eigenvalue weighted by Gasteiger charge is -2.12. The van der Waals surface area contributed by atoms with Crippen LogP contribution in [-0.2, 0) is 9.59 Å². The van der Waals surface area contributed by atoms with Crippen molar-refractivity contribution in [2.45, 2.75) is 11.8 Å². The summed E-state index contributed by atoms with van der Waals surface area (Å²) in [5.41, 5.74) is 4.43. The largest absolute Gasteiger partial charge is 0.493 e. The topological polar surface area (TPSA) is 119 Å². The quantitative estimate of drug-likeness (QED) is 0.0948. The lowest BCUT2D eigenvalue weighted by Crippen LogP contribution is -2.30. The average Bonchev–Trinajstić information content (AvgIpc) is 3.56. The average molecular weight is 665 g/mol. The van der Waals surface area contributed by atoms with Crippen molar-refractivity contribution < 1.29 is 23.9 Å². The minimum atomic E-state index is -0.465. The van der Waals surface area contributed by atoms with Crippen LogP contribution in [0.1, 0.15) is 21.5 Å². The van der Waals surface area contributed by atoms with Crippen LogP contribution in [0.15, 0.2) is 113 Å². The molecule has 0 aliphatic rings. The molecule has 1 aromatic heterocycles. The zero-order valence-corrected chi connectivity index (χ0v) is 27.5. The maximum atomic E-state index is 13.4. The van der Waals surface area contributed by atoms with E-state index in [1.807, 2.05) is 73.0 Å². The highest BCUT2D eigenvalue weighted by molar-refractivity contribution is 8.00. The van der Waals surface area contributed by atoms with Gasteiger partial charge in [-0.3, -0.25) is 14.4 Å². The summed E-state index contributed by atoms with van der Waals surface area (Å²) in [5, 5.41) is 10.8. The van der Waals surface area contributed by atoms with Crippen LogP contribution >= 0.6 is 23.1 Å². The molecule has 5 rings (SSSR count). The van der Waals surface area contributed by atoms with Crippen LogP contribution in [0.5, 0.6) is 11.5 Å². The standard InChI is InChI=1S/C36H32N4O5S2/c1-23-9-7-8-12-25(23)19-29(38-34(42)24-10-5-4-6-11-24)35(43)37-27-14-16-28(17-15-27)46-22-33(41)40-36-39-30(21-47-36)26-13-18-31(44-2)32(20-26)45-3/h4-21H,22H2,1-3H3,(H,37,43)(H,38,42)(H,39,40,41)/b29-19-.